The lowest BCUT2D eigenvalue weighted by Gasteiger charge is -2.17. The van der Waals surface area contributed by atoms with Crippen molar-refractivity contribution in [2.75, 3.05) is 11.1 Å². The molecule has 1 heterocycles. The van der Waals surface area contributed by atoms with Gasteiger partial charge in [0.1, 0.15) is 17.5 Å². The predicted molar refractivity (Wildman–Crippen MR) is 80.4 cm³/mol. The van der Waals surface area contributed by atoms with E-state index in [0.717, 1.165) is 17.2 Å². The van der Waals surface area contributed by atoms with Crippen LogP contribution in [0.25, 0.3) is 0 Å². The minimum Gasteiger partial charge on any atom is -0.383 e. The first-order chi connectivity index (χ1) is 9.11. The maximum Gasteiger partial charge on any atom is 0.136 e. The highest BCUT2D eigenvalue weighted by Gasteiger charge is 2.28. The van der Waals surface area contributed by atoms with Crippen molar-refractivity contribution in [2.45, 2.75) is 71.3 Å². The number of nitrogens with one attached hydrogen (secondary N) is 1. The molecule has 1 saturated carbocycles. The van der Waals surface area contributed by atoms with Crippen LogP contribution in [0, 0.1) is 6.92 Å². The summed E-state index contributed by atoms with van der Waals surface area (Å²) in [5, 5.41) is 3.50. The summed E-state index contributed by atoms with van der Waals surface area (Å²) in [4.78, 5) is 9.07. The average Bonchev–Trinajstić information content (AvgIpc) is 3.19. The fourth-order valence-electron chi connectivity index (χ4n) is 2.22. The lowest BCUT2D eigenvalue weighted by atomic mass is 10.1. The van der Waals surface area contributed by atoms with E-state index in [9.17, 15) is 0 Å². The molecule has 1 aliphatic rings. The molecule has 0 bridgehead atoms. The van der Waals surface area contributed by atoms with Crippen molar-refractivity contribution in [3.8, 4) is 0 Å². The highest BCUT2D eigenvalue weighted by Crippen LogP contribution is 2.39. The third-order valence-electron chi connectivity index (χ3n) is 3.77. The Hall–Kier alpha value is -1.32. The van der Waals surface area contributed by atoms with Gasteiger partial charge in [-0.2, -0.15) is 0 Å². The standard InChI is InChI=1S/C15H26N4/c1-4-5-6-7-10(2)17-14-11(3)13(16)18-15(19-14)12-8-9-12/h10,12H,4-9H2,1-3H3,(H3,16,17,18,19). The lowest BCUT2D eigenvalue weighted by Crippen LogP contribution is -2.18. The molecule has 0 radical (unpaired) electrons. The Bertz CT molecular complexity index is 426. The Morgan fingerprint density at radius 1 is 1.32 bits per heavy atom. The highest BCUT2D eigenvalue weighted by atomic mass is 15.1. The van der Waals surface area contributed by atoms with E-state index in [4.69, 9.17) is 5.73 Å². The van der Waals surface area contributed by atoms with Crippen molar-refractivity contribution in [1.82, 2.24) is 9.97 Å². The van der Waals surface area contributed by atoms with Crippen molar-refractivity contribution in [3.05, 3.63) is 11.4 Å². The third-order valence-corrected chi connectivity index (χ3v) is 3.77. The van der Waals surface area contributed by atoms with Crippen LogP contribution in [0.4, 0.5) is 11.6 Å². The summed E-state index contributed by atoms with van der Waals surface area (Å²) in [6.07, 6.45) is 7.40. The molecule has 0 aromatic carbocycles. The minimum absolute atomic E-state index is 0.437. The summed E-state index contributed by atoms with van der Waals surface area (Å²) in [5.41, 5.74) is 6.97. The molecule has 106 valence electrons. The fourth-order valence-corrected chi connectivity index (χ4v) is 2.22. The van der Waals surface area contributed by atoms with Gasteiger partial charge in [0.05, 0.1) is 0 Å². The largest absolute Gasteiger partial charge is 0.383 e. The van der Waals surface area contributed by atoms with Crippen LogP contribution < -0.4 is 11.1 Å². The Morgan fingerprint density at radius 2 is 2.05 bits per heavy atom. The van der Waals surface area contributed by atoms with Gasteiger partial charge in [-0.05, 0) is 33.1 Å². The number of aromatic nitrogens is 2. The molecule has 19 heavy (non-hydrogen) atoms. The minimum atomic E-state index is 0.437. The summed E-state index contributed by atoms with van der Waals surface area (Å²) in [7, 11) is 0. The second-order valence-electron chi connectivity index (χ2n) is 5.76. The number of hydrogen-bond donors (Lipinski definition) is 2. The number of nitrogens with two attached hydrogens (primary N) is 1. The summed E-state index contributed by atoms with van der Waals surface area (Å²) < 4.78 is 0. The van der Waals surface area contributed by atoms with E-state index in [0.29, 0.717) is 17.8 Å². The van der Waals surface area contributed by atoms with E-state index in [1.54, 1.807) is 0 Å². The third kappa shape index (κ3) is 3.82. The van der Waals surface area contributed by atoms with E-state index in [-0.39, 0.29) is 0 Å². The maximum absolute atomic E-state index is 5.99. The number of anilines is 2. The molecule has 1 aromatic heterocycles. The summed E-state index contributed by atoms with van der Waals surface area (Å²) in [5.74, 6) is 3.02. The van der Waals surface area contributed by atoms with Gasteiger partial charge >= 0.3 is 0 Å². The molecule has 2 rings (SSSR count). The van der Waals surface area contributed by atoms with Gasteiger partial charge in [0, 0.05) is 17.5 Å². The van der Waals surface area contributed by atoms with E-state index in [2.05, 4.69) is 29.1 Å². The second-order valence-corrected chi connectivity index (χ2v) is 5.76. The van der Waals surface area contributed by atoms with Crippen LogP contribution in [0.15, 0.2) is 0 Å². The smallest absolute Gasteiger partial charge is 0.136 e. The van der Waals surface area contributed by atoms with Crippen molar-refractivity contribution >= 4 is 11.6 Å². The Balaban J connectivity index is 2.01. The summed E-state index contributed by atoms with van der Waals surface area (Å²) in [6.45, 7) is 6.44. The molecule has 4 heteroatoms. The van der Waals surface area contributed by atoms with Crippen molar-refractivity contribution in [1.29, 1.82) is 0 Å². The Morgan fingerprint density at radius 3 is 2.68 bits per heavy atom. The molecule has 1 atom stereocenters. The van der Waals surface area contributed by atoms with Gasteiger partial charge in [-0.25, -0.2) is 9.97 Å². The van der Waals surface area contributed by atoms with E-state index in [1.165, 1.54) is 38.5 Å². The maximum atomic E-state index is 5.99. The topological polar surface area (TPSA) is 63.8 Å². The second kappa shape index (κ2) is 6.22. The van der Waals surface area contributed by atoms with E-state index >= 15 is 0 Å². The van der Waals surface area contributed by atoms with Crippen LogP contribution in [0.2, 0.25) is 0 Å². The van der Waals surface area contributed by atoms with Crippen LogP contribution in [-0.4, -0.2) is 16.0 Å². The Labute approximate surface area is 116 Å². The molecule has 0 saturated heterocycles. The normalized spacial score (nSPS) is 16.4. The predicted octanol–water partition coefficient (Wildman–Crippen LogP) is 3.63. The monoisotopic (exact) mass is 262 g/mol. The van der Waals surface area contributed by atoms with Crippen molar-refractivity contribution in [2.24, 2.45) is 0 Å². The first-order valence-electron chi connectivity index (χ1n) is 7.52. The molecule has 1 fully saturated rings. The molecule has 0 spiro atoms. The Kier molecular flexibility index (Phi) is 4.61. The molecule has 4 nitrogen and oxygen atoms in total. The number of nitrogens with zero attached hydrogens (tertiary/aromatic N) is 2. The molecule has 1 unspecified atom stereocenters. The number of unbranched alkanes of at least 4 members (excludes halogenated alkanes) is 2. The van der Waals surface area contributed by atoms with Gasteiger partial charge in [-0.3, -0.25) is 0 Å². The zero-order chi connectivity index (χ0) is 13.8. The van der Waals surface area contributed by atoms with Gasteiger partial charge < -0.3 is 11.1 Å². The first kappa shape index (κ1) is 14.1. The van der Waals surface area contributed by atoms with Crippen LogP contribution in [0.5, 0.6) is 0 Å². The van der Waals surface area contributed by atoms with Crippen molar-refractivity contribution < 1.29 is 0 Å². The highest BCUT2D eigenvalue weighted by molar-refractivity contribution is 5.55. The summed E-state index contributed by atoms with van der Waals surface area (Å²) in [6, 6.07) is 0.437. The zero-order valence-corrected chi connectivity index (χ0v) is 12.4. The molecule has 1 aromatic rings. The van der Waals surface area contributed by atoms with Gasteiger partial charge in [0.25, 0.3) is 0 Å². The van der Waals surface area contributed by atoms with Crippen LogP contribution >= 0.6 is 0 Å². The number of nitrogen functional groups attached to an aromatic ring is 1. The number of hydrogen-bond acceptors (Lipinski definition) is 4. The van der Waals surface area contributed by atoms with Crippen LogP contribution in [0.3, 0.4) is 0 Å². The van der Waals surface area contributed by atoms with Crippen molar-refractivity contribution in [3.63, 3.8) is 0 Å². The van der Waals surface area contributed by atoms with E-state index in [1.807, 2.05) is 6.92 Å². The molecule has 0 amide bonds. The fraction of sp³-hybridized carbons (Fsp3) is 0.733. The van der Waals surface area contributed by atoms with Crippen LogP contribution in [0.1, 0.15) is 69.7 Å². The van der Waals surface area contributed by atoms with Gasteiger partial charge in [-0.15, -0.1) is 0 Å². The number of rotatable bonds is 7. The van der Waals surface area contributed by atoms with Crippen LogP contribution in [-0.2, 0) is 0 Å². The summed E-state index contributed by atoms with van der Waals surface area (Å²) >= 11 is 0. The van der Waals surface area contributed by atoms with Gasteiger partial charge in [0.2, 0.25) is 0 Å². The molecule has 0 aliphatic heterocycles. The molecular formula is C15H26N4. The molecule has 3 N–H and O–H groups in total. The quantitative estimate of drug-likeness (QED) is 0.737. The average molecular weight is 262 g/mol. The van der Waals surface area contributed by atoms with E-state index < -0.39 is 0 Å². The van der Waals surface area contributed by atoms with Gasteiger partial charge in [0.15, 0.2) is 0 Å². The SMILES string of the molecule is CCCCCC(C)Nc1nc(C2CC2)nc(N)c1C. The van der Waals surface area contributed by atoms with Gasteiger partial charge in [-0.1, -0.05) is 26.2 Å². The zero-order valence-electron chi connectivity index (χ0n) is 12.4. The molecular weight excluding hydrogens is 236 g/mol. The first-order valence-corrected chi connectivity index (χ1v) is 7.52. The lowest BCUT2D eigenvalue weighted by molar-refractivity contribution is 0.613. The molecule has 1 aliphatic carbocycles.